The third kappa shape index (κ3) is 0.556. The van der Waals surface area contributed by atoms with E-state index in [0.29, 0.717) is 12.8 Å². The minimum absolute atomic E-state index is 0.317. The molecule has 0 spiro atoms. The van der Waals surface area contributed by atoms with E-state index >= 15 is 0 Å². The number of hydrogen-bond donors (Lipinski definition) is 1. The fraction of sp³-hybridized carbons (Fsp3) is 1.00. The Morgan fingerprint density at radius 2 is 1.67 bits per heavy atom. The molecule has 0 heterocycles. The number of aliphatic hydroxyl groups is 1. The van der Waals surface area contributed by atoms with Crippen molar-refractivity contribution in [3.05, 3.63) is 0 Å². The summed E-state index contributed by atoms with van der Waals surface area (Å²) in [5.41, 5.74) is 0. The van der Waals surface area contributed by atoms with Crippen molar-refractivity contribution in [3.63, 3.8) is 0 Å². The van der Waals surface area contributed by atoms with Crippen LogP contribution in [0, 0.1) is 11.8 Å². The zero-order valence-corrected chi connectivity index (χ0v) is 4.85. The van der Waals surface area contributed by atoms with E-state index in [9.17, 15) is 8.78 Å². The van der Waals surface area contributed by atoms with Gasteiger partial charge in [0.2, 0.25) is 0 Å². The van der Waals surface area contributed by atoms with Crippen LogP contribution in [0.1, 0.15) is 12.8 Å². The number of fused-ring (bicyclic) bond motifs is 1. The predicted molar refractivity (Wildman–Crippen MR) is 27.2 cm³/mol. The van der Waals surface area contributed by atoms with Crippen LogP contribution in [0.15, 0.2) is 0 Å². The number of hydrogen-bond acceptors (Lipinski definition) is 1. The second-order valence-electron chi connectivity index (χ2n) is 3.01. The van der Waals surface area contributed by atoms with Gasteiger partial charge in [0.05, 0.1) is 6.10 Å². The van der Waals surface area contributed by atoms with E-state index in [2.05, 4.69) is 0 Å². The zero-order valence-electron chi connectivity index (χ0n) is 4.85. The molecule has 3 heteroatoms. The van der Waals surface area contributed by atoms with Crippen molar-refractivity contribution < 1.29 is 13.9 Å². The number of alkyl halides is 2. The standard InChI is InChI=1S/C6H8F2O/c7-6(8)4-1-3(9)2-5(4)6/h3-5,9H,1-2H2/t3-,4+,5-. The van der Waals surface area contributed by atoms with E-state index in [1.165, 1.54) is 0 Å². The Bertz CT molecular complexity index is 132. The summed E-state index contributed by atoms with van der Waals surface area (Å²) in [4.78, 5) is 0. The Morgan fingerprint density at radius 1 is 1.22 bits per heavy atom. The van der Waals surface area contributed by atoms with Gasteiger partial charge in [-0.3, -0.25) is 0 Å². The fourth-order valence-corrected chi connectivity index (χ4v) is 1.79. The lowest BCUT2D eigenvalue weighted by Gasteiger charge is -2.05. The molecule has 2 saturated carbocycles. The van der Waals surface area contributed by atoms with E-state index in [1.54, 1.807) is 0 Å². The SMILES string of the molecule is O[C@H]1C[C@@H]2[C@H](C1)C2(F)F. The molecule has 2 aliphatic rings. The topological polar surface area (TPSA) is 20.2 Å². The summed E-state index contributed by atoms with van der Waals surface area (Å²) >= 11 is 0. The molecule has 2 fully saturated rings. The predicted octanol–water partition coefficient (Wildman–Crippen LogP) is 1.02. The molecule has 0 aromatic carbocycles. The first-order valence-electron chi connectivity index (χ1n) is 3.18. The first-order chi connectivity index (χ1) is 4.12. The summed E-state index contributed by atoms with van der Waals surface area (Å²) in [5, 5.41) is 8.83. The highest BCUT2D eigenvalue weighted by molar-refractivity contribution is 5.11. The van der Waals surface area contributed by atoms with Crippen LogP contribution in [-0.4, -0.2) is 17.1 Å². The van der Waals surface area contributed by atoms with E-state index in [4.69, 9.17) is 5.11 Å². The van der Waals surface area contributed by atoms with E-state index in [0.717, 1.165) is 0 Å². The maximum absolute atomic E-state index is 12.3. The highest BCUT2D eigenvalue weighted by Crippen LogP contribution is 2.63. The van der Waals surface area contributed by atoms with Gasteiger partial charge >= 0.3 is 0 Å². The smallest absolute Gasteiger partial charge is 0.254 e. The molecule has 2 rings (SSSR count). The minimum Gasteiger partial charge on any atom is -0.393 e. The second kappa shape index (κ2) is 1.29. The molecular weight excluding hydrogens is 126 g/mol. The molecule has 0 saturated heterocycles. The van der Waals surface area contributed by atoms with Gasteiger partial charge in [0, 0.05) is 11.8 Å². The van der Waals surface area contributed by atoms with Crippen molar-refractivity contribution >= 4 is 0 Å². The lowest BCUT2D eigenvalue weighted by atomic mass is 10.2. The molecule has 0 amide bonds. The minimum atomic E-state index is -2.42. The normalized spacial score (nSPS) is 53.0. The summed E-state index contributed by atoms with van der Waals surface area (Å²) in [6.45, 7) is 0. The van der Waals surface area contributed by atoms with Gasteiger partial charge in [0.15, 0.2) is 0 Å². The fourth-order valence-electron chi connectivity index (χ4n) is 1.79. The van der Waals surface area contributed by atoms with E-state index in [1.807, 2.05) is 0 Å². The molecule has 1 N–H and O–H groups in total. The van der Waals surface area contributed by atoms with Crippen LogP contribution in [0.25, 0.3) is 0 Å². The van der Waals surface area contributed by atoms with E-state index in [-0.39, 0.29) is 0 Å². The molecule has 0 unspecified atom stereocenters. The van der Waals surface area contributed by atoms with Gasteiger partial charge in [-0.15, -0.1) is 0 Å². The molecule has 0 aromatic rings. The Labute approximate surface area is 51.7 Å². The van der Waals surface area contributed by atoms with Gasteiger partial charge in [-0.1, -0.05) is 0 Å². The average molecular weight is 134 g/mol. The number of rotatable bonds is 0. The van der Waals surface area contributed by atoms with Crippen molar-refractivity contribution in [1.29, 1.82) is 0 Å². The van der Waals surface area contributed by atoms with Crippen molar-refractivity contribution in [2.45, 2.75) is 24.9 Å². The summed E-state index contributed by atoms with van der Waals surface area (Å²) in [6, 6.07) is 0. The molecule has 9 heavy (non-hydrogen) atoms. The van der Waals surface area contributed by atoms with Crippen LogP contribution in [0.4, 0.5) is 8.78 Å². The zero-order chi connectivity index (χ0) is 6.65. The number of halogens is 2. The summed E-state index contributed by atoms with van der Waals surface area (Å²) in [6.07, 6.45) is 0.189. The average Bonchev–Trinajstić information content (AvgIpc) is 2.27. The molecule has 0 aromatic heterocycles. The largest absolute Gasteiger partial charge is 0.393 e. The third-order valence-corrected chi connectivity index (χ3v) is 2.42. The molecule has 1 nitrogen and oxygen atoms in total. The van der Waals surface area contributed by atoms with Gasteiger partial charge in [-0.05, 0) is 12.8 Å². The van der Waals surface area contributed by atoms with Crippen LogP contribution >= 0.6 is 0 Å². The van der Waals surface area contributed by atoms with Gasteiger partial charge in [-0.25, -0.2) is 8.78 Å². The van der Waals surface area contributed by atoms with Gasteiger partial charge < -0.3 is 5.11 Å². The van der Waals surface area contributed by atoms with E-state index < -0.39 is 23.9 Å². The Balaban J connectivity index is 2.06. The molecule has 0 bridgehead atoms. The first kappa shape index (κ1) is 5.59. The first-order valence-corrected chi connectivity index (χ1v) is 3.18. The summed E-state index contributed by atoms with van der Waals surface area (Å²) in [7, 11) is 0. The Kier molecular flexibility index (Phi) is 0.799. The van der Waals surface area contributed by atoms with Gasteiger partial charge in [-0.2, -0.15) is 0 Å². The van der Waals surface area contributed by atoms with Gasteiger partial charge in [0.1, 0.15) is 0 Å². The lowest BCUT2D eigenvalue weighted by molar-refractivity contribution is 0.0406. The molecule has 3 atom stereocenters. The maximum Gasteiger partial charge on any atom is 0.254 e. The van der Waals surface area contributed by atoms with Gasteiger partial charge in [0.25, 0.3) is 5.92 Å². The monoisotopic (exact) mass is 134 g/mol. The molecular formula is C6H8F2O. The quantitative estimate of drug-likeness (QED) is 0.524. The van der Waals surface area contributed by atoms with Crippen LogP contribution < -0.4 is 0 Å². The highest BCUT2D eigenvalue weighted by atomic mass is 19.3. The second-order valence-corrected chi connectivity index (χ2v) is 3.01. The van der Waals surface area contributed by atoms with Crippen molar-refractivity contribution in [2.24, 2.45) is 11.8 Å². The Morgan fingerprint density at radius 3 is 2.00 bits per heavy atom. The molecule has 0 aliphatic heterocycles. The van der Waals surface area contributed by atoms with Crippen LogP contribution in [0.3, 0.4) is 0 Å². The Hall–Kier alpha value is -0.180. The summed E-state index contributed by atoms with van der Waals surface area (Å²) in [5.74, 6) is -3.38. The van der Waals surface area contributed by atoms with Crippen LogP contribution in [0.2, 0.25) is 0 Å². The molecule has 52 valence electrons. The highest BCUT2D eigenvalue weighted by Gasteiger charge is 2.71. The number of aliphatic hydroxyl groups excluding tert-OH is 1. The molecule has 0 radical (unpaired) electrons. The summed E-state index contributed by atoms with van der Waals surface area (Å²) < 4.78 is 24.6. The van der Waals surface area contributed by atoms with Crippen molar-refractivity contribution in [1.82, 2.24) is 0 Å². The maximum atomic E-state index is 12.3. The van der Waals surface area contributed by atoms with Crippen molar-refractivity contribution in [3.8, 4) is 0 Å². The van der Waals surface area contributed by atoms with Crippen LogP contribution in [0.5, 0.6) is 0 Å². The lowest BCUT2D eigenvalue weighted by Crippen LogP contribution is -2.10. The third-order valence-electron chi connectivity index (χ3n) is 2.42. The van der Waals surface area contributed by atoms with Crippen LogP contribution in [-0.2, 0) is 0 Å². The molecule has 2 aliphatic carbocycles. The van der Waals surface area contributed by atoms with Crippen molar-refractivity contribution in [2.75, 3.05) is 0 Å².